The van der Waals surface area contributed by atoms with Crippen molar-refractivity contribution in [2.75, 3.05) is 24.9 Å². The molecule has 1 aliphatic rings. The number of likely N-dealkylation sites (tertiary alicyclic amines) is 1. The lowest BCUT2D eigenvalue weighted by atomic mass is 10.1. The zero-order valence-corrected chi connectivity index (χ0v) is 19.0. The van der Waals surface area contributed by atoms with Crippen molar-refractivity contribution < 1.29 is 39.5 Å². The van der Waals surface area contributed by atoms with Crippen LogP contribution in [-0.4, -0.2) is 39.6 Å². The van der Waals surface area contributed by atoms with Crippen molar-refractivity contribution in [1.29, 1.82) is 0 Å². The zero-order valence-electron chi connectivity index (χ0n) is 16.7. The lowest BCUT2D eigenvalue weighted by Gasteiger charge is -2.20. The van der Waals surface area contributed by atoms with Gasteiger partial charge in [-0.1, -0.05) is 23.2 Å². The summed E-state index contributed by atoms with van der Waals surface area (Å²) in [6, 6.07) is 3.12. The Balaban J connectivity index is 1.96. The summed E-state index contributed by atoms with van der Waals surface area (Å²) in [4.78, 5) is 1.01. The Morgan fingerprint density at radius 2 is 1.64 bits per heavy atom. The van der Waals surface area contributed by atoms with Crippen molar-refractivity contribution in [2.45, 2.75) is 29.8 Å². The van der Waals surface area contributed by atoms with E-state index >= 15 is 0 Å². The van der Waals surface area contributed by atoms with Gasteiger partial charge in [0.1, 0.15) is 16.7 Å². The number of benzene rings is 2. The summed E-state index contributed by atoms with van der Waals surface area (Å²) < 4.78 is 112. The fourth-order valence-electron chi connectivity index (χ4n) is 3.27. The Labute approximate surface area is 195 Å². The van der Waals surface area contributed by atoms with Crippen molar-refractivity contribution in [3.05, 3.63) is 51.5 Å². The molecule has 0 spiro atoms. The Kier molecular flexibility index (Phi) is 7.05. The molecule has 1 heterocycles. The third kappa shape index (κ3) is 5.97. The number of anilines is 1. The minimum Gasteiger partial charge on any atom is -0.488 e. The van der Waals surface area contributed by atoms with E-state index in [0.29, 0.717) is 37.7 Å². The van der Waals surface area contributed by atoms with Crippen LogP contribution < -0.4 is 9.46 Å². The first-order valence-electron chi connectivity index (χ1n) is 9.23. The second-order valence-electron chi connectivity index (χ2n) is 7.37. The molecule has 1 N–H and O–H groups in total. The second-order valence-corrected chi connectivity index (χ2v) is 9.81. The van der Waals surface area contributed by atoms with Crippen LogP contribution in [0.3, 0.4) is 0 Å². The van der Waals surface area contributed by atoms with E-state index in [1.54, 1.807) is 7.05 Å². The molecule has 0 unspecified atom stereocenters. The summed E-state index contributed by atoms with van der Waals surface area (Å²) in [6.45, 7) is 0.993. The Bertz CT molecular complexity index is 1130. The average molecular weight is 537 g/mol. The van der Waals surface area contributed by atoms with Crippen molar-refractivity contribution in [1.82, 2.24) is 4.90 Å². The van der Waals surface area contributed by atoms with Crippen LogP contribution in [0.4, 0.5) is 32.0 Å². The van der Waals surface area contributed by atoms with Crippen LogP contribution in [0.15, 0.2) is 35.2 Å². The number of likely N-dealkylation sites (N-methyl/N-ethyl adjacent to an activating group) is 1. The van der Waals surface area contributed by atoms with Crippen molar-refractivity contribution in [3.8, 4) is 5.75 Å². The zero-order chi connectivity index (χ0) is 24.8. The number of hydrogen-bond donors (Lipinski definition) is 1. The van der Waals surface area contributed by atoms with E-state index in [-0.39, 0.29) is 5.69 Å². The molecule has 0 radical (unpaired) electrons. The van der Waals surface area contributed by atoms with Gasteiger partial charge in [0.05, 0.1) is 26.9 Å². The number of halogens is 8. The highest BCUT2D eigenvalue weighted by Crippen LogP contribution is 2.41. The van der Waals surface area contributed by atoms with Crippen LogP contribution in [0.2, 0.25) is 10.0 Å². The number of rotatable bonds is 5. The van der Waals surface area contributed by atoms with Crippen molar-refractivity contribution in [3.63, 3.8) is 0 Å². The lowest BCUT2D eigenvalue weighted by Crippen LogP contribution is -2.23. The first-order valence-corrected chi connectivity index (χ1v) is 11.5. The van der Waals surface area contributed by atoms with E-state index in [2.05, 4.69) is 0 Å². The molecular weight excluding hydrogens is 521 g/mol. The van der Waals surface area contributed by atoms with Crippen molar-refractivity contribution in [2.24, 2.45) is 0 Å². The molecule has 0 aliphatic carbocycles. The molecule has 1 aliphatic heterocycles. The maximum absolute atomic E-state index is 13.4. The third-order valence-corrected chi connectivity index (χ3v) is 7.08. The number of nitrogens with zero attached hydrogens (tertiary/aromatic N) is 1. The summed E-state index contributed by atoms with van der Waals surface area (Å²) in [6.07, 6.45) is -9.66. The number of hydrogen-bond acceptors (Lipinski definition) is 4. The van der Waals surface area contributed by atoms with Gasteiger partial charge in [-0.2, -0.15) is 26.3 Å². The number of sulfonamides is 1. The number of ether oxygens (including phenoxy) is 1. The summed E-state index contributed by atoms with van der Waals surface area (Å²) in [5, 5.41) is -1.61. The Morgan fingerprint density at radius 3 is 2.12 bits per heavy atom. The van der Waals surface area contributed by atoms with E-state index in [4.69, 9.17) is 27.9 Å². The normalized spacial score (nSPS) is 17.9. The Morgan fingerprint density at radius 1 is 1.03 bits per heavy atom. The molecule has 1 fully saturated rings. The molecule has 0 amide bonds. The molecule has 182 valence electrons. The summed E-state index contributed by atoms with van der Waals surface area (Å²) in [5.41, 5.74) is -2.69. The van der Waals surface area contributed by atoms with Gasteiger partial charge in [-0.15, -0.1) is 0 Å². The molecular formula is C19H16Cl2F6N2O3S. The molecule has 14 heteroatoms. The molecule has 0 aromatic heterocycles. The van der Waals surface area contributed by atoms with Gasteiger partial charge < -0.3 is 9.64 Å². The van der Waals surface area contributed by atoms with Gasteiger partial charge in [0.15, 0.2) is 0 Å². The smallest absolute Gasteiger partial charge is 0.419 e. The van der Waals surface area contributed by atoms with E-state index in [0.717, 1.165) is 12.1 Å². The average Bonchev–Trinajstić information content (AvgIpc) is 3.03. The fourth-order valence-corrected chi connectivity index (χ4v) is 5.54. The van der Waals surface area contributed by atoms with E-state index in [9.17, 15) is 34.8 Å². The molecule has 0 bridgehead atoms. The van der Waals surface area contributed by atoms with Crippen LogP contribution in [-0.2, 0) is 22.4 Å². The minimum absolute atomic E-state index is 0.323. The van der Waals surface area contributed by atoms with Gasteiger partial charge in [0, 0.05) is 19.2 Å². The summed E-state index contributed by atoms with van der Waals surface area (Å²) >= 11 is 11.5. The van der Waals surface area contributed by atoms with E-state index < -0.39 is 60.3 Å². The van der Waals surface area contributed by atoms with Gasteiger partial charge in [-0.3, -0.25) is 4.72 Å². The standard InChI is InChI=1S/C19H16Cl2F6N2O3S/c1-29-5-4-12(9-29)32-16-8-11(2-3-13(16)19(25,26)27)28-33(30,31)17-14(20)6-10(7-15(17)21)18(22,23)24/h2-3,6-8,12,28H,4-5,9H2,1H3/t12-/m0/s1. The quantitative estimate of drug-likeness (QED) is 0.482. The van der Waals surface area contributed by atoms with Crippen LogP contribution in [0.5, 0.6) is 5.75 Å². The van der Waals surface area contributed by atoms with Crippen LogP contribution in [0, 0.1) is 0 Å². The maximum Gasteiger partial charge on any atom is 0.419 e. The SMILES string of the molecule is CN1CC[C@H](Oc2cc(NS(=O)(=O)c3c(Cl)cc(C(F)(F)F)cc3Cl)ccc2C(F)(F)F)C1. The minimum atomic E-state index is -4.82. The largest absolute Gasteiger partial charge is 0.488 e. The van der Waals surface area contributed by atoms with E-state index in [1.165, 1.54) is 0 Å². The first-order chi connectivity index (χ1) is 15.1. The summed E-state index contributed by atoms with van der Waals surface area (Å²) in [5.74, 6) is -0.590. The van der Waals surface area contributed by atoms with E-state index in [1.807, 2.05) is 9.62 Å². The predicted molar refractivity (Wildman–Crippen MR) is 110 cm³/mol. The molecule has 2 aromatic carbocycles. The Hall–Kier alpha value is -1.89. The first kappa shape index (κ1) is 25.7. The molecule has 1 atom stereocenters. The second kappa shape index (κ2) is 9.05. The molecule has 3 rings (SSSR count). The number of nitrogens with one attached hydrogen (secondary N) is 1. The molecule has 1 saturated heterocycles. The maximum atomic E-state index is 13.4. The number of alkyl halides is 6. The molecule has 2 aromatic rings. The van der Waals surface area contributed by atoms with Crippen LogP contribution >= 0.6 is 23.2 Å². The third-order valence-electron chi connectivity index (χ3n) is 4.78. The highest BCUT2D eigenvalue weighted by Gasteiger charge is 2.37. The van der Waals surface area contributed by atoms with Gasteiger partial charge in [0.2, 0.25) is 0 Å². The molecule has 33 heavy (non-hydrogen) atoms. The van der Waals surface area contributed by atoms with Gasteiger partial charge in [-0.05, 0) is 37.7 Å². The summed E-state index contributed by atoms with van der Waals surface area (Å²) in [7, 11) is -2.89. The monoisotopic (exact) mass is 536 g/mol. The molecule has 5 nitrogen and oxygen atoms in total. The predicted octanol–water partition coefficient (Wildman–Crippen LogP) is 5.91. The fraction of sp³-hybridized carbons (Fsp3) is 0.368. The lowest BCUT2D eigenvalue weighted by molar-refractivity contribution is -0.139. The van der Waals surface area contributed by atoms with Crippen molar-refractivity contribution >= 4 is 38.9 Å². The topological polar surface area (TPSA) is 58.6 Å². The van der Waals surface area contributed by atoms with Crippen LogP contribution in [0.25, 0.3) is 0 Å². The van der Waals surface area contributed by atoms with Gasteiger partial charge in [0.25, 0.3) is 10.0 Å². The highest BCUT2D eigenvalue weighted by molar-refractivity contribution is 7.93. The highest BCUT2D eigenvalue weighted by atomic mass is 35.5. The van der Waals surface area contributed by atoms with Gasteiger partial charge >= 0.3 is 12.4 Å². The van der Waals surface area contributed by atoms with Gasteiger partial charge in [-0.25, -0.2) is 8.42 Å². The van der Waals surface area contributed by atoms with Crippen LogP contribution in [0.1, 0.15) is 17.5 Å². The molecule has 0 saturated carbocycles.